The number of methoxy groups -OCH3 is 1. The van der Waals surface area contributed by atoms with E-state index in [9.17, 15) is 0 Å². The van der Waals surface area contributed by atoms with Crippen LogP contribution in [-0.2, 0) is 0 Å². The van der Waals surface area contributed by atoms with E-state index in [4.69, 9.17) is 4.74 Å². The van der Waals surface area contributed by atoms with Gasteiger partial charge in [-0.3, -0.25) is 4.98 Å². The minimum absolute atomic E-state index is 0.819. The molecule has 0 aromatic carbocycles. The maximum absolute atomic E-state index is 5.30. The number of hydrogen-bond acceptors (Lipinski definition) is 4. The lowest BCUT2D eigenvalue weighted by Gasteiger charge is -2.26. The van der Waals surface area contributed by atoms with Gasteiger partial charge in [-0.25, -0.2) is 0 Å². The average Bonchev–Trinajstić information content (AvgIpc) is 2.40. The fourth-order valence-corrected chi connectivity index (χ4v) is 2.38. The van der Waals surface area contributed by atoms with Crippen molar-refractivity contribution in [2.24, 2.45) is 0 Å². The number of pyridine rings is 1. The van der Waals surface area contributed by atoms with E-state index in [1.807, 2.05) is 13.0 Å². The Bertz CT molecular complexity index is 375. The molecule has 1 N–H and O–H groups in total. The highest BCUT2D eigenvalue weighted by atomic mass is 16.5. The molecule has 2 heterocycles. The van der Waals surface area contributed by atoms with Crippen LogP contribution < -0.4 is 10.1 Å². The normalized spacial score (nSPS) is 16.6. The van der Waals surface area contributed by atoms with E-state index in [0.29, 0.717) is 0 Å². The van der Waals surface area contributed by atoms with Gasteiger partial charge >= 0.3 is 0 Å². The highest BCUT2D eigenvalue weighted by Gasteiger charge is 2.09. The SMILES string of the molecule is COc1cnc(C)cc1NCCN1CCCCC1. The molecule has 0 bridgehead atoms. The van der Waals surface area contributed by atoms with Crippen molar-refractivity contribution in [2.45, 2.75) is 26.2 Å². The van der Waals surface area contributed by atoms with Crippen molar-refractivity contribution in [3.63, 3.8) is 0 Å². The van der Waals surface area contributed by atoms with Crippen LogP contribution in [-0.4, -0.2) is 43.2 Å². The summed E-state index contributed by atoms with van der Waals surface area (Å²) in [6, 6.07) is 2.04. The molecule has 100 valence electrons. The van der Waals surface area contributed by atoms with E-state index in [-0.39, 0.29) is 0 Å². The quantitative estimate of drug-likeness (QED) is 0.869. The van der Waals surface area contributed by atoms with Gasteiger partial charge in [-0.2, -0.15) is 0 Å². The zero-order chi connectivity index (χ0) is 12.8. The first kappa shape index (κ1) is 13.1. The Kier molecular flexibility index (Phi) is 4.81. The van der Waals surface area contributed by atoms with Gasteiger partial charge in [0.1, 0.15) is 0 Å². The molecule has 2 rings (SSSR count). The third kappa shape index (κ3) is 3.60. The average molecular weight is 249 g/mol. The standard InChI is InChI=1S/C14H23N3O/c1-12-10-13(14(18-2)11-16-12)15-6-9-17-7-4-3-5-8-17/h10-11H,3-9H2,1-2H3,(H,15,16). The predicted molar refractivity (Wildman–Crippen MR) is 74.3 cm³/mol. The van der Waals surface area contributed by atoms with Crippen LogP contribution in [0.2, 0.25) is 0 Å². The summed E-state index contributed by atoms with van der Waals surface area (Å²) in [7, 11) is 1.68. The molecular weight excluding hydrogens is 226 g/mol. The zero-order valence-electron chi connectivity index (χ0n) is 11.4. The monoisotopic (exact) mass is 249 g/mol. The molecule has 18 heavy (non-hydrogen) atoms. The van der Waals surface area contributed by atoms with Gasteiger partial charge in [-0.05, 0) is 38.9 Å². The van der Waals surface area contributed by atoms with Crippen molar-refractivity contribution in [1.82, 2.24) is 9.88 Å². The Morgan fingerprint density at radius 2 is 2.11 bits per heavy atom. The summed E-state index contributed by atoms with van der Waals surface area (Å²) in [6.45, 7) is 6.54. The smallest absolute Gasteiger partial charge is 0.160 e. The molecule has 1 fully saturated rings. The van der Waals surface area contributed by atoms with Crippen LogP contribution in [0.15, 0.2) is 12.3 Å². The van der Waals surface area contributed by atoms with Gasteiger partial charge in [0, 0.05) is 18.8 Å². The van der Waals surface area contributed by atoms with Crippen molar-refractivity contribution in [1.29, 1.82) is 0 Å². The molecule has 0 amide bonds. The third-order valence-electron chi connectivity index (χ3n) is 3.42. The highest BCUT2D eigenvalue weighted by molar-refractivity contribution is 5.55. The summed E-state index contributed by atoms with van der Waals surface area (Å²) in [4.78, 5) is 6.76. The number of aryl methyl sites for hydroxylation is 1. The Morgan fingerprint density at radius 1 is 1.33 bits per heavy atom. The summed E-state index contributed by atoms with van der Waals surface area (Å²) >= 11 is 0. The molecule has 0 aliphatic carbocycles. The molecule has 0 unspecified atom stereocenters. The topological polar surface area (TPSA) is 37.4 Å². The molecule has 1 aliphatic heterocycles. The summed E-state index contributed by atoms with van der Waals surface area (Å²) in [5.41, 5.74) is 2.05. The molecule has 1 aliphatic rings. The summed E-state index contributed by atoms with van der Waals surface area (Å²) < 4.78 is 5.30. The highest BCUT2D eigenvalue weighted by Crippen LogP contribution is 2.23. The van der Waals surface area contributed by atoms with E-state index >= 15 is 0 Å². The Balaban J connectivity index is 1.83. The first-order valence-corrected chi connectivity index (χ1v) is 6.76. The van der Waals surface area contributed by atoms with E-state index in [1.165, 1.54) is 32.4 Å². The van der Waals surface area contributed by atoms with Gasteiger partial charge in [0.15, 0.2) is 5.75 Å². The number of piperidine rings is 1. The van der Waals surface area contributed by atoms with Crippen LogP contribution in [0.5, 0.6) is 5.75 Å². The van der Waals surface area contributed by atoms with Crippen molar-refractivity contribution in [3.8, 4) is 5.75 Å². The number of anilines is 1. The van der Waals surface area contributed by atoms with Crippen LogP contribution in [0.25, 0.3) is 0 Å². The second-order valence-electron chi connectivity index (χ2n) is 4.86. The number of hydrogen-bond donors (Lipinski definition) is 1. The van der Waals surface area contributed by atoms with Crippen molar-refractivity contribution >= 4 is 5.69 Å². The first-order chi connectivity index (χ1) is 8.79. The number of rotatable bonds is 5. The second kappa shape index (κ2) is 6.59. The van der Waals surface area contributed by atoms with Crippen molar-refractivity contribution in [3.05, 3.63) is 18.0 Å². The minimum Gasteiger partial charge on any atom is -0.493 e. The fourth-order valence-electron chi connectivity index (χ4n) is 2.38. The molecular formula is C14H23N3O. The van der Waals surface area contributed by atoms with Gasteiger partial charge in [-0.1, -0.05) is 6.42 Å². The molecule has 0 saturated carbocycles. The largest absolute Gasteiger partial charge is 0.493 e. The van der Waals surface area contributed by atoms with Crippen LogP contribution in [0, 0.1) is 6.92 Å². The number of nitrogens with zero attached hydrogens (tertiary/aromatic N) is 2. The number of aromatic nitrogens is 1. The van der Waals surface area contributed by atoms with E-state index in [1.54, 1.807) is 13.3 Å². The van der Waals surface area contributed by atoms with Crippen LogP contribution in [0.4, 0.5) is 5.69 Å². The van der Waals surface area contributed by atoms with Crippen molar-refractivity contribution < 1.29 is 4.74 Å². The van der Waals surface area contributed by atoms with E-state index in [0.717, 1.165) is 30.2 Å². The lowest BCUT2D eigenvalue weighted by atomic mass is 10.1. The van der Waals surface area contributed by atoms with Gasteiger partial charge in [-0.15, -0.1) is 0 Å². The third-order valence-corrected chi connectivity index (χ3v) is 3.42. The maximum Gasteiger partial charge on any atom is 0.160 e. The Morgan fingerprint density at radius 3 is 2.83 bits per heavy atom. The molecule has 1 aromatic heterocycles. The molecule has 1 aromatic rings. The second-order valence-corrected chi connectivity index (χ2v) is 4.86. The molecule has 0 atom stereocenters. The summed E-state index contributed by atoms with van der Waals surface area (Å²) in [5, 5.41) is 3.45. The fraction of sp³-hybridized carbons (Fsp3) is 0.643. The lowest BCUT2D eigenvalue weighted by Crippen LogP contribution is -2.33. The molecule has 1 saturated heterocycles. The van der Waals surface area contributed by atoms with E-state index < -0.39 is 0 Å². The van der Waals surface area contributed by atoms with Crippen LogP contribution in [0.1, 0.15) is 25.0 Å². The van der Waals surface area contributed by atoms with Gasteiger partial charge in [0.05, 0.1) is 19.0 Å². The molecule has 0 radical (unpaired) electrons. The minimum atomic E-state index is 0.819. The van der Waals surface area contributed by atoms with Crippen LogP contribution in [0.3, 0.4) is 0 Å². The first-order valence-electron chi connectivity index (χ1n) is 6.76. The van der Waals surface area contributed by atoms with Gasteiger partial charge in [0.2, 0.25) is 0 Å². The van der Waals surface area contributed by atoms with Gasteiger partial charge < -0.3 is 15.0 Å². The molecule has 4 heteroatoms. The maximum atomic E-state index is 5.30. The number of ether oxygens (including phenoxy) is 1. The number of nitrogens with one attached hydrogen (secondary N) is 1. The Hall–Kier alpha value is -1.29. The van der Waals surface area contributed by atoms with E-state index in [2.05, 4.69) is 15.2 Å². The lowest BCUT2D eigenvalue weighted by molar-refractivity contribution is 0.237. The summed E-state index contributed by atoms with van der Waals surface area (Å²) in [5.74, 6) is 0.819. The van der Waals surface area contributed by atoms with Gasteiger partial charge in [0.25, 0.3) is 0 Å². The van der Waals surface area contributed by atoms with Crippen molar-refractivity contribution in [2.75, 3.05) is 38.6 Å². The summed E-state index contributed by atoms with van der Waals surface area (Å²) in [6.07, 6.45) is 5.86. The number of likely N-dealkylation sites (tertiary alicyclic amines) is 1. The Labute approximate surface area is 109 Å². The molecule has 4 nitrogen and oxygen atoms in total. The zero-order valence-corrected chi connectivity index (χ0v) is 11.4. The molecule has 0 spiro atoms. The predicted octanol–water partition coefficient (Wildman–Crippen LogP) is 2.30. The van der Waals surface area contributed by atoms with Crippen LogP contribution >= 0.6 is 0 Å².